The number of benzene rings is 1. The molecular weight excluding hydrogens is 302 g/mol. The van der Waals surface area contributed by atoms with E-state index in [-0.39, 0.29) is 11.8 Å². The van der Waals surface area contributed by atoms with E-state index in [0.717, 1.165) is 23.9 Å². The predicted molar refractivity (Wildman–Crippen MR) is 69.9 cm³/mol. The van der Waals surface area contributed by atoms with Crippen molar-refractivity contribution in [1.82, 2.24) is 5.32 Å². The van der Waals surface area contributed by atoms with Crippen LogP contribution in [0, 0.1) is 0 Å². The fourth-order valence-corrected chi connectivity index (χ4v) is 1.89. The number of carboxylic acids is 1. The maximum atomic E-state index is 10.2. The van der Waals surface area contributed by atoms with Crippen molar-refractivity contribution in [2.45, 2.75) is 18.9 Å². The number of carboxylic acid groups (broad SMARTS) is 1. The van der Waals surface area contributed by atoms with Crippen molar-refractivity contribution in [2.75, 3.05) is 6.54 Å². The molecule has 1 aliphatic heterocycles. The number of phenols is 1. The van der Waals surface area contributed by atoms with Gasteiger partial charge in [-0.15, -0.1) is 0 Å². The van der Waals surface area contributed by atoms with Gasteiger partial charge in [0.05, 0.1) is 5.56 Å². The van der Waals surface area contributed by atoms with Crippen molar-refractivity contribution >= 4 is 28.2 Å². The van der Waals surface area contributed by atoms with Gasteiger partial charge < -0.3 is 15.5 Å². The number of aromatic hydroxyl groups is 1. The molecule has 6 heteroatoms. The number of nitrogens with one attached hydrogen (secondary N) is 1. The van der Waals surface area contributed by atoms with E-state index in [4.69, 9.17) is 10.2 Å². The normalized spacial score (nSPS) is 17.7. The van der Waals surface area contributed by atoms with Gasteiger partial charge in [-0.1, -0.05) is 15.9 Å². The van der Waals surface area contributed by atoms with Gasteiger partial charge in [-0.05, 0) is 37.6 Å². The zero-order valence-corrected chi connectivity index (χ0v) is 11.2. The molecule has 0 bridgehead atoms. The number of halogens is 1. The summed E-state index contributed by atoms with van der Waals surface area (Å²) in [6.45, 7) is 0.858. The highest BCUT2D eigenvalue weighted by Gasteiger charge is 2.20. The fraction of sp³-hybridized carbons (Fsp3) is 0.333. The summed E-state index contributed by atoms with van der Waals surface area (Å²) in [5.74, 6) is -0.708. The van der Waals surface area contributed by atoms with E-state index in [1.807, 2.05) is 0 Å². The zero-order valence-electron chi connectivity index (χ0n) is 9.60. The summed E-state index contributed by atoms with van der Waals surface area (Å²) in [5.41, 5.74) is 0.300. The molecule has 0 amide bonds. The number of carbonyl (C=O) groups is 2. The topological polar surface area (TPSA) is 86.6 Å². The Labute approximate surface area is 113 Å². The summed E-state index contributed by atoms with van der Waals surface area (Å²) in [7, 11) is 0. The van der Waals surface area contributed by atoms with E-state index in [9.17, 15) is 9.59 Å². The molecule has 1 aliphatic rings. The van der Waals surface area contributed by atoms with Crippen molar-refractivity contribution in [3.8, 4) is 5.75 Å². The summed E-state index contributed by atoms with van der Waals surface area (Å²) < 4.78 is 0.785. The van der Waals surface area contributed by atoms with E-state index in [2.05, 4.69) is 21.2 Å². The Morgan fingerprint density at radius 3 is 2.61 bits per heavy atom. The average molecular weight is 316 g/mol. The van der Waals surface area contributed by atoms with Crippen molar-refractivity contribution in [3.63, 3.8) is 0 Å². The lowest BCUT2D eigenvalue weighted by atomic mass is 10.2. The molecule has 1 aromatic rings. The minimum Gasteiger partial charge on any atom is -0.507 e. The number of aldehydes is 1. The van der Waals surface area contributed by atoms with Crippen LogP contribution in [0.3, 0.4) is 0 Å². The molecule has 0 aliphatic carbocycles. The number of hydrogen-bond donors (Lipinski definition) is 3. The number of aliphatic carboxylic acids is 1. The zero-order chi connectivity index (χ0) is 13.5. The van der Waals surface area contributed by atoms with E-state index >= 15 is 0 Å². The minimum atomic E-state index is -0.720. The Bertz CT molecular complexity index is 430. The lowest BCUT2D eigenvalue weighted by Crippen LogP contribution is -2.29. The van der Waals surface area contributed by atoms with Crippen LogP contribution in [0.5, 0.6) is 5.75 Å². The monoisotopic (exact) mass is 315 g/mol. The molecule has 1 fully saturated rings. The molecule has 1 heterocycles. The summed E-state index contributed by atoms with van der Waals surface area (Å²) in [5, 5.41) is 20.2. The van der Waals surface area contributed by atoms with Crippen molar-refractivity contribution < 1.29 is 19.8 Å². The van der Waals surface area contributed by atoms with Gasteiger partial charge in [0.25, 0.3) is 0 Å². The van der Waals surface area contributed by atoms with Crippen LogP contribution < -0.4 is 5.32 Å². The van der Waals surface area contributed by atoms with Gasteiger partial charge in [0.15, 0.2) is 6.29 Å². The van der Waals surface area contributed by atoms with Gasteiger partial charge in [0.2, 0.25) is 0 Å². The van der Waals surface area contributed by atoms with Crippen LogP contribution in [-0.2, 0) is 4.79 Å². The first-order valence-electron chi connectivity index (χ1n) is 5.44. The van der Waals surface area contributed by atoms with Gasteiger partial charge in [-0.3, -0.25) is 9.59 Å². The first-order chi connectivity index (χ1) is 8.54. The Kier molecular flexibility index (Phi) is 5.80. The van der Waals surface area contributed by atoms with E-state index < -0.39 is 5.97 Å². The molecule has 1 aromatic carbocycles. The highest BCUT2D eigenvalue weighted by atomic mass is 79.9. The molecule has 18 heavy (non-hydrogen) atoms. The van der Waals surface area contributed by atoms with Crippen molar-refractivity contribution in [1.29, 1.82) is 0 Å². The third kappa shape index (κ3) is 4.46. The molecule has 1 saturated heterocycles. The highest BCUT2D eigenvalue weighted by molar-refractivity contribution is 9.10. The fourth-order valence-electron chi connectivity index (χ4n) is 1.52. The van der Waals surface area contributed by atoms with Crippen LogP contribution >= 0.6 is 15.9 Å². The smallest absolute Gasteiger partial charge is 0.320 e. The van der Waals surface area contributed by atoms with Crippen LogP contribution in [0.2, 0.25) is 0 Å². The average Bonchev–Trinajstić information content (AvgIpc) is 2.87. The third-order valence-electron chi connectivity index (χ3n) is 2.47. The maximum Gasteiger partial charge on any atom is 0.320 e. The number of carbonyl (C=O) groups excluding carboxylic acids is 1. The van der Waals surface area contributed by atoms with Crippen LogP contribution in [0.15, 0.2) is 22.7 Å². The van der Waals surface area contributed by atoms with Gasteiger partial charge >= 0.3 is 5.97 Å². The second kappa shape index (κ2) is 7.13. The molecule has 0 spiro atoms. The van der Waals surface area contributed by atoms with E-state index in [1.165, 1.54) is 6.07 Å². The maximum absolute atomic E-state index is 10.2. The first kappa shape index (κ1) is 14.7. The predicted octanol–water partition coefficient (Wildman–Crippen LogP) is 1.79. The number of rotatable bonds is 2. The van der Waals surface area contributed by atoms with Crippen LogP contribution in [0.4, 0.5) is 0 Å². The molecule has 0 aromatic heterocycles. The lowest BCUT2D eigenvalue weighted by Gasteiger charge is -1.99. The Balaban J connectivity index is 0.000000184. The quantitative estimate of drug-likeness (QED) is 0.724. The van der Waals surface area contributed by atoms with E-state index in [0.29, 0.717) is 11.8 Å². The Morgan fingerprint density at radius 1 is 1.50 bits per heavy atom. The summed E-state index contributed by atoms with van der Waals surface area (Å²) in [4.78, 5) is 20.3. The molecular formula is C12H14BrNO4. The lowest BCUT2D eigenvalue weighted by molar-refractivity contribution is -0.139. The molecule has 5 nitrogen and oxygen atoms in total. The second-order valence-electron chi connectivity index (χ2n) is 3.81. The molecule has 0 radical (unpaired) electrons. The van der Waals surface area contributed by atoms with Gasteiger partial charge in [0.1, 0.15) is 11.8 Å². The van der Waals surface area contributed by atoms with Gasteiger partial charge in [-0.2, -0.15) is 0 Å². The standard InChI is InChI=1S/C7H5BrO2.C5H9NO2/c8-6-1-2-7(10)5(3-6)4-9;7-5(8)4-2-1-3-6-4/h1-4,10H;4,6H,1-3H2,(H,7,8)/t;4-/m.0/s1. The minimum absolute atomic E-state index is 0.0122. The van der Waals surface area contributed by atoms with Crippen LogP contribution in [0.1, 0.15) is 23.2 Å². The van der Waals surface area contributed by atoms with E-state index in [1.54, 1.807) is 12.1 Å². The molecule has 0 saturated carbocycles. The summed E-state index contributed by atoms with van der Waals surface area (Å²) in [6.07, 6.45) is 2.40. The molecule has 98 valence electrons. The summed E-state index contributed by atoms with van der Waals surface area (Å²) >= 11 is 3.17. The molecule has 0 unspecified atom stereocenters. The van der Waals surface area contributed by atoms with Gasteiger partial charge in [0, 0.05) is 4.47 Å². The van der Waals surface area contributed by atoms with Crippen molar-refractivity contribution in [3.05, 3.63) is 28.2 Å². The number of phenolic OH excluding ortho intramolecular Hbond substituents is 1. The molecule has 1 atom stereocenters. The largest absolute Gasteiger partial charge is 0.507 e. The SMILES string of the molecule is O=C(O)[C@@H]1CCCN1.O=Cc1cc(Br)ccc1O. The second-order valence-corrected chi connectivity index (χ2v) is 4.72. The highest BCUT2D eigenvalue weighted by Crippen LogP contribution is 2.19. The first-order valence-corrected chi connectivity index (χ1v) is 6.23. The third-order valence-corrected chi connectivity index (χ3v) is 2.97. The molecule has 2 rings (SSSR count). The van der Waals surface area contributed by atoms with Gasteiger partial charge in [-0.25, -0.2) is 0 Å². The van der Waals surface area contributed by atoms with Crippen LogP contribution in [-0.4, -0.2) is 35.1 Å². The van der Waals surface area contributed by atoms with Crippen LogP contribution in [0.25, 0.3) is 0 Å². The Morgan fingerprint density at radius 2 is 2.22 bits per heavy atom. The Hall–Kier alpha value is -1.40. The van der Waals surface area contributed by atoms with Crippen molar-refractivity contribution in [2.24, 2.45) is 0 Å². The summed E-state index contributed by atoms with van der Waals surface area (Å²) in [6, 6.07) is 4.42. The molecule has 3 N–H and O–H groups in total. The number of hydrogen-bond acceptors (Lipinski definition) is 4.